The second-order valence-electron chi connectivity index (χ2n) is 5.67. The molecule has 2 aromatic heterocycles. The molecule has 1 aliphatic heterocycles. The molecule has 22 heavy (non-hydrogen) atoms. The fraction of sp³-hybridized carbons (Fsp3) is 0.250. The number of rotatable bonds is 2. The summed E-state index contributed by atoms with van der Waals surface area (Å²) < 4.78 is 0. The zero-order valence-corrected chi connectivity index (χ0v) is 12.0. The van der Waals surface area contributed by atoms with Gasteiger partial charge in [0.25, 0.3) is 0 Å². The molecule has 0 saturated carbocycles. The Labute approximate surface area is 127 Å². The predicted octanol–water partition coefficient (Wildman–Crippen LogP) is 1.34. The molecule has 2 atom stereocenters. The first kappa shape index (κ1) is 13.2. The van der Waals surface area contributed by atoms with E-state index < -0.39 is 0 Å². The number of hydrogen-bond acceptors (Lipinski definition) is 5. The van der Waals surface area contributed by atoms with Crippen molar-refractivity contribution in [2.45, 2.75) is 12.0 Å². The minimum atomic E-state index is 0.0592. The van der Waals surface area contributed by atoms with Gasteiger partial charge in [0, 0.05) is 48.4 Å². The normalized spacial score (nSPS) is 21.5. The molecule has 5 N–H and O–H groups in total. The van der Waals surface area contributed by atoms with Gasteiger partial charge in [0.1, 0.15) is 17.2 Å². The first-order valence-electron chi connectivity index (χ1n) is 7.32. The van der Waals surface area contributed by atoms with Gasteiger partial charge in [-0.3, -0.25) is 0 Å². The van der Waals surface area contributed by atoms with Crippen molar-refractivity contribution in [3.05, 3.63) is 42.5 Å². The van der Waals surface area contributed by atoms with E-state index in [-0.39, 0.29) is 17.7 Å². The SMILES string of the molecule is NC1CNCC1c1ncc2c(-c3ccc(O)cc3)c[nH]c2n1. The molecule has 1 saturated heterocycles. The average Bonchev–Trinajstić information content (AvgIpc) is 3.13. The number of benzene rings is 1. The van der Waals surface area contributed by atoms with Crippen LogP contribution >= 0.6 is 0 Å². The van der Waals surface area contributed by atoms with Crippen LogP contribution in [0.15, 0.2) is 36.7 Å². The highest BCUT2D eigenvalue weighted by molar-refractivity contribution is 5.93. The van der Waals surface area contributed by atoms with Gasteiger partial charge in [-0.15, -0.1) is 0 Å². The van der Waals surface area contributed by atoms with E-state index in [0.717, 1.165) is 41.1 Å². The number of phenols is 1. The number of aromatic hydroxyl groups is 1. The molecule has 6 nitrogen and oxygen atoms in total. The second-order valence-corrected chi connectivity index (χ2v) is 5.67. The molecule has 0 bridgehead atoms. The smallest absolute Gasteiger partial charge is 0.141 e. The van der Waals surface area contributed by atoms with Crippen molar-refractivity contribution >= 4 is 11.0 Å². The topological polar surface area (TPSA) is 99.9 Å². The number of nitrogens with zero attached hydrogens (tertiary/aromatic N) is 2. The minimum Gasteiger partial charge on any atom is -0.508 e. The van der Waals surface area contributed by atoms with Gasteiger partial charge in [0.2, 0.25) is 0 Å². The maximum atomic E-state index is 9.40. The lowest BCUT2D eigenvalue weighted by Gasteiger charge is -2.12. The number of fused-ring (bicyclic) bond motifs is 1. The third-order valence-electron chi connectivity index (χ3n) is 4.22. The first-order valence-corrected chi connectivity index (χ1v) is 7.32. The predicted molar refractivity (Wildman–Crippen MR) is 84.6 cm³/mol. The van der Waals surface area contributed by atoms with Gasteiger partial charge in [-0.1, -0.05) is 12.1 Å². The van der Waals surface area contributed by atoms with E-state index in [2.05, 4.69) is 20.3 Å². The summed E-state index contributed by atoms with van der Waals surface area (Å²) in [5.41, 5.74) is 8.94. The Morgan fingerprint density at radius 2 is 2.00 bits per heavy atom. The van der Waals surface area contributed by atoms with Gasteiger partial charge in [-0.25, -0.2) is 9.97 Å². The summed E-state index contributed by atoms with van der Waals surface area (Å²) in [6.07, 6.45) is 3.77. The molecule has 112 valence electrons. The van der Waals surface area contributed by atoms with Crippen LogP contribution in [-0.4, -0.2) is 39.2 Å². The number of aromatic amines is 1. The van der Waals surface area contributed by atoms with Crippen molar-refractivity contribution < 1.29 is 5.11 Å². The standard InChI is InChI=1S/C16H17N5O/c17-14-8-18-5-13(14)16-20-7-12-11(6-19-15(12)21-16)9-1-3-10(22)4-2-9/h1-4,6-7,13-14,18,22H,5,8,17H2,(H,19,20,21). The lowest BCUT2D eigenvalue weighted by atomic mass is 10.0. The fourth-order valence-corrected chi connectivity index (χ4v) is 2.96. The van der Waals surface area contributed by atoms with Crippen LogP contribution in [-0.2, 0) is 0 Å². The summed E-state index contributed by atoms with van der Waals surface area (Å²) in [4.78, 5) is 12.4. The van der Waals surface area contributed by atoms with Gasteiger partial charge in [0.05, 0.1) is 0 Å². The van der Waals surface area contributed by atoms with Crippen molar-refractivity contribution in [2.75, 3.05) is 13.1 Å². The monoisotopic (exact) mass is 295 g/mol. The Morgan fingerprint density at radius 3 is 2.73 bits per heavy atom. The molecule has 2 unspecified atom stereocenters. The summed E-state index contributed by atoms with van der Waals surface area (Å²) in [5, 5.41) is 13.6. The van der Waals surface area contributed by atoms with Crippen LogP contribution in [0.25, 0.3) is 22.2 Å². The van der Waals surface area contributed by atoms with E-state index in [1.54, 1.807) is 12.1 Å². The molecule has 1 aromatic carbocycles. The second kappa shape index (κ2) is 5.08. The summed E-state index contributed by atoms with van der Waals surface area (Å²) in [5.74, 6) is 1.19. The van der Waals surface area contributed by atoms with Crippen LogP contribution in [0.5, 0.6) is 5.75 Å². The van der Waals surface area contributed by atoms with Crippen molar-refractivity contribution in [1.82, 2.24) is 20.3 Å². The molecule has 1 aliphatic rings. The van der Waals surface area contributed by atoms with E-state index in [1.807, 2.05) is 24.5 Å². The number of phenolic OH excluding ortho intramolecular Hbond substituents is 1. The summed E-state index contributed by atoms with van der Waals surface area (Å²) >= 11 is 0. The Morgan fingerprint density at radius 1 is 1.18 bits per heavy atom. The van der Waals surface area contributed by atoms with Gasteiger partial charge in [-0.05, 0) is 17.7 Å². The molecule has 3 aromatic rings. The highest BCUT2D eigenvalue weighted by Crippen LogP contribution is 2.29. The first-order chi connectivity index (χ1) is 10.7. The largest absolute Gasteiger partial charge is 0.508 e. The number of H-pyrrole nitrogens is 1. The third-order valence-corrected chi connectivity index (χ3v) is 4.22. The Balaban J connectivity index is 1.75. The molecule has 6 heteroatoms. The lowest BCUT2D eigenvalue weighted by Crippen LogP contribution is -2.28. The van der Waals surface area contributed by atoms with Crippen LogP contribution < -0.4 is 11.1 Å². The van der Waals surface area contributed by atoms with Crippen LogP contribution in [0.2, 0.25) is 0 Å². The molecule has 0 aliphatic carbocycles. The van der Waals surface area contributed by atoms with Gasteiger partial charge in [-0.2, -0.15) is 0 Å². The fourth-order valence-electron chi connectivity index (χ4n) is 2.96. The Kier molecular flexibility index (Phi) is 3.06. The Bertz CT molecular complexity index is 811. The highest BCUT2D eigenvalue weighted by Gasteiger charge is 2.27. The molecular weight excluding hydrogens is 278 g/mol. The molecule has 0 amide bonds. The zero-order chi connectivity index (χ0) is 15.1. The van der Waals surface area contributed by atoms with E-state index in [4.69, 9.17) is 5.73 Å². The van der Waals surface area contributed by atoms with Gasteiger partial charge < -0.3 is 21.1 Å². The quantitative estimate of drug-likeness (QED) is 0.572. The van der Waals surface area contributed by atoms with E-state index in [0.29, 0.717) is 0 Å². The number of nitrogens with two attached hydrogens (primary N) is 1. The van der Waals surface area contributed by atoms with Crippen LogP contribution in [0.4, 0.5) is 0 Å². The molecule has 4 rings (SSSR count). The van der Waals surface area contributed by atoms with Crippen molar-refractivity contribution in [2.24, 2.45) is 5.73 Å². The molecule has 1 fully saturated rings. The van der Waals surface area contributed by atoms with Crippen LogP contribution in [0, 0.1) is 0 Å². The van der Waals surface area contributed by atoms with Crippen LogP contribution in [0.3, 0.4) is 0 Å². The molecule has 0 spiro atoms. The maximum absolute atomic E-state index is 9.40. The summed E-state index contributed by atoms with van der Waals surface area (Å²) in [7, 11) is 0. The van der Waals surface area contributed by atoms with E-state index in [1.165, 1.54) is 0 Å². The summed E-state index contributed by atoms with van der Waals surface area (Å²) in [6.45, 7) is 1.62. The van der Waals surface area contributed by atoms with Crippen molar-refractivity contribution in [3.63, 3.8) is 0 Å². The highest BCUT2D eigenvalue weighted by atomic mass is 16.3. The zero-order valence-electron chi connectivity index (χ0n) is 12.0. The van der Waals surface area contributed by atoms with Crippen molar-refractivity contribution in [1.29, 1.82) is 0 Å². The van der Waals surface area contributed by atoms with E-state index in [9.17, 15) is 5.11 Å². The number of nitrogens with one attached hydrogen (secondary N) is 2. The molecule has 3 heterocycles. The van der Waals surface area contributed by atoms with Gasteiger partial charge >= 0.3 is 0 Å². The van der Waals surface area contributed by atoms with Gasteiger partial charge in [0.15, 0.2) is 0 Å². The summed E-state index contributed by atoms with van der Waals surface area (Å²) in [6, 6.07) is 7.16. The lowest BCUT2D eigenvalue weighted by molar-refractivity contribution is 0.475. The average molecular weight is 295 g/mol. The van der Waals surface area contributed by atoms with E-state index >= 15 is 0 Å². The third kappa shape index (κ3) is 2.13. The maximum Gasteiger partial charge on any atom is 0.141 e. The molecular formula is C16H17N5O. The number of aromatic nitrogens is 3. The molecule has 0 radical (unpaired) electrons. The van der Waals surface area contributed by atoms with Crippen LogP contribution in [0.1, 0.15) is 11.7 Å². The number of hydrogen-bond donors (Lipinski definition) is 4. The minimum absolute atomic E-state index is 0.0592. The Hall–Kier alpha value is -2.44. The van der Waals surface area contributed by atoms with Crippen molar-refractivity contribution in [3.8, 4) is 16.9 Å².